The average molecular weight is 228 g/mol. The lowest BCUT2D eigenvalue weighted by Crippen LogP contribution is -2.26. The Bertz CT molecular complexity index is 272. The Balaban J connectivity index is 3.75. The molecule has 92 valence electrons. The first-order valence-corrected chi connectivity index (χ1v) is 5.32. The zero-order chi connectivity index (χ0) is 12.6. The highest BCUT2D eigenvalue weighted by molar-refractivity contribution is 5.86. The fraction of sp³-hybridized carbons (Fsp3) is 0.636. The molecule has 2 N–H and O–H groups in total. The molecular formula is C11H20N2O3. The van der Waals surface area contributed by atoms with E-state index in [2.05, 4.69) is 5.32 Å². The molecule has 0 atom stereocenters. The third-order valence-electron chi connectivity index (χ3n) is 2.16. The number of hydrogen-bond donors (Lipinski definition) is 2. The minimum absolute atomic E-state index is 0.0606. The van der Waals surface area contributed by atoms with Gasteiger partial charge in [0.05, 0.1) is 0 Å². The Labute approximate surface area is 96.1 Å². The molecule has 0 fully saturated rings. The summed E-state index contributed by atoms with van der Waals surface area (Å²) in [5.74, 6) is -0.820. The summed E-state index contributed by atoms with van der Waals surface area (Å²) in [4.78, 5) is 23.3. The number of nitrogens with one attached hydrogen (secondary N) is 1. The van der Waals surface area contributed by atoms with Crippen LogP contribution in [-0.4, -0.2) is 49.1 Å². The number of carboxylic acid groups (broad SMARTS) is 1. The van der Waals surface area contributed by atoms with Crippen molar-refractivity contribution in [3.63, 3.8) is 0 Å². The molecule has 0 heterocycles. The van der Waals surface area contributed by atoms with Crippen LogP contribution in [0.4, 0.5) is 0 Å². The van der Waals surface area contributed by atoms with Crippen molar-refractivity contribution < 1.29 is 14.7 Å². The van der Waals surface area contributed by atoms with Crippen LogP contribution in [0.1, 0.15) is 19.8 Å². The van der Waals surface area contributed by atoms with Gasteiger partial charge in [-0.25, -0.2) is 4.79 Å². The highest BCUT2D eigenvalue weighted by Crippen LogP contribution is 1.98. The SMILES string of the molecule is CCC(=CCNCCC(=O)N(C)C)C(=O)O. The summed E-state index contributed by atoms with van der Waals surface area (Å²) in [6.45, 7) is 2.84. The Morgan fingerprint density at radius 3 is 2.44 bits per heavy atom. The van der Waals surface area contributed by atoms with Gasteiger partial charge in [0.2, 0.25) is 5.91 Å². The predicted octanol–water partition coefficient (Wildman–Crippen LogP) is 0.475. The zero-order valence-corrected chi connectivity index (χ0v) is 10.1. The second-order valence-corrected chi connectivity index (χ2v) is 3.63. The van der Waals surface area contributed by atoms with Gasteiger partial charge in [0.1, 0.15) is 0 Å². The van der Waals surface area contributed by atoms with Crippen molar-refractivity contribution in [1.82, 2.24) is 10.2 Å². The summed E-state index contributed by atoms with van der Waals surface area (Å²) < 4.78 is 0. The maximum absolute atomic E-state index is 11.2. The molecular weight excluding hydrogens is 208 g/mol. The molecule has 0 rings (SSSR count). The van der Waals surface area contributed by atoms with Crippen LogP contribution in [0.15, 0.2) is 11.6 Å². The van der Waals surface area contributed by atoms with Gasteiger partial charge in [-0.2, -0.15) is 0 Å². The molecule has 1 amide bonds. The Morgan fingerprint density at radius 2 is 2.00 bits per heavy atom. The van der Waals surface area contributed by atoms with Gasteiger partial charge in [0.15, 0.2) is 0 Å². The normalized spacial score (nSPS) is 11.3. The monoisotopic (exact) mass is 228 g/mol. The topological polar surface area (TPSA) is 69.6 Å². The third-order valence-corrected chi connectivity index (χ3v) is 2.16. The molecule has 0 saturated carbocycles. The van der Waals surface area contributed by atoms with Gasteiger partial charge < -0.3 is 15.3 Å². The van der Waals surface area contributed by atoms with Gasteiger partial charge >= 0.3 is 5.97 Å². The summed E-state index contributed by atoms with van der Waals surface area (Å²) in [6.07, 6.45) is 2.57. The van der Waals surface area contributed by atoms with Crippen LogP contribution in [0.25, 0.3) is 0 Å². The second kappa shape index (κ2) is 7.87. The fourth-order valence-corrected chi connectivity index (χ4v) is 1.10. The number of carbonyl (C=O) groups excluding carboxylic acids is 1. The van der Waals surface area contributed by atoms with Gasteiger partial charge in [-0.05, 0) is 6.42 Å². The molecule has 5 nitrogen and oxygen atoms in total. The molecule has 0 aromatic carbocycles. The van der Waals surface area contributed by atoms with Gasteiger partial charge in [0, 0.05) is 39.2 Å². The largest absolute Gasteiger partial charge is 0.478 e. The molecule has 0 aliphatic carbocycles. The Hall–Kier alpha value is -1.36. The minimum atomic E-state index is -0.881. The first kappa shape index (κ1) is 14.6. The van der Waals surface area contributed by atoms with Gasteiger partial charge in [-0.3, -0.25) is 4.79 Å². The Morgan fingerprint density at radius 1 is 1.38 bits per heavy atom. The summed E-state index contributed by atoms with van der Waals surface area (Å²) in [6, 6.07) is 0. The van der Waals surface area contributed by atoms with E-state index < -0.39 is 5.97 Å². The molecule has 0 spiro atoms. The molecule has 16 heavy (non-hydrogen) atoms. The van der Waals surface area contributed by atoms with Crippen LogP contribution < -0.4 is 5.32 Å². The summed E-state index contributed by atoms with van der Waals surface area (Å²) in [5.41, 5.74) is 0.395. The maximum Gasteiger partial charge on any atom is 0.331 e. The number of hydrogen-bond acceptors (Lipinski definition) is 3. The zero-order valence-electron chi connectivity index (χ0n) is 10.1. The fourth-order valence-electron chi connectivity index (χ4n) is 1.10. The van der Waals surface area contributed by atoms with Crippen molar-refractivity contribution in [2.24, 2.45) is 0 Å². The number of nitrogens with zero attached hydrogens (tertiary/aromatic N) is 1. The lowest BCUT2D eigenvalue weighted by molar-refractivity contribution is -0.133. The average Bonchev–Trinajstić information content (AvgIpc) is 2.22. The van der Waals surface area contributed by atoms with Gasteiger partial charge in [-0.1, -0.05) is 13.0 Å². The van der Waals surface area contributed by atoms with Gasteiger partial charge in [0.25, 0.3) is 0 Å². The van der Waals surface area contributed by atoms with E-state index in [9.17, 15) is 9.59 Å². The molecule has 0 unspecified atom stereocenters. The molecule has 0 saturated heterocycles. The van der Waals surface area contributed by atoms with Crippen LogP contribution in [0.2, 0.25) is 0 Å². The van der Waals surface area contributed by atoms with Crippen molar-refractivity contribution in [3.8, 4) is 0 Å². The van der Waals surface area contributed by atoms with Gasteiger partial charge in [-0.15, -0.1) is 0 Å². The van der Waals surface area contributed by atoms with E-state index in [1.54, 1.807) is 27.1 Å². The number of carbonyl (C=O) groups is 2. The van der Waals surface area contributed by atoms with Crippen molar-refractivity contribution >= 4 is 11.9 Å². The molecule has 0 aromatic heterocycles. The Kier molecular flexibility index (Phi) is 7.20. The molecule has 0 aromatic rings. The van der Waals surface area contributed by atoms with E-state index in [0.717, 1.165) is 0 Å². The van der Waals surface area contributed by atoms with Crippen molar-refractivity contribution in [3.05, 3.63) is 11.6 Å². The third kappa shape index (κ3) is 6.19. The van der Waals surface area contributed by atoms with Crippen LogP contribution in [0, 0.1) is 0 Å². The van der Waals surface area contributed by atoms with E-state index in [1.165, 1.54) is 4.90 Å². The summed E-state index contributed by atoms with van der Waals surface area (Å²) >= 11 is 0. The maximum atomic E-state index is 11.2. The standard InChI is InChI=1S/C11H20N2O3/c1-4-9(11(15)16)5-7-12-8-6-10(14)13(2)3/h5,12H,4,6-8H2,1-3H3,(H,15,16). The molecule has 0 bridgehead atoms. The summed E-state index contributed by atoms with van der Waals surface area (Å²) in [5, 5.41) is 11.7. The van der Waals surface area contributed by atoms with E-state index in [0.29, 0.717) is 31.5 Å². The summed E-state index contributed by atoms with van der Waals surface area (Å²) in [7, 11) is 3.42. The minimum Gasteiger partial charge on any atom is -0.478 e. The van der Waals surface area contributed by atoms with E-state index in [-0.39, 0.29) is 5.91 Å². The van der Waals surface area contributed by atoms with Crippen molar-refractivity contribution in [1.29, 1.82) is 0 Å². The number of carboxylic acids is 1. The number of aliphatic carboxylic acids is 1. The number of rotatable bonds is 7. The quantitative estimate of drug-likeness (QED) is 0.491. The molecule has 0 aliphatic heterocycles. The molecule has 0 radical (unpaired) electrons. The predicted molar refractivity (Wildman–Crippen MR) is 62.2 cm³/mol. The van der Waals surface area contributed by atoms with E-state index in [4.69, 9.17) is 5.11 Å². The van der Waals surface area contributed by atoms with Crippen LogP contribution in [0.3, 0.4) is 0 Å². The highest BCUT2D eigenvalue weighted by Gasteiger charge is 2.04. The number of amides is 1. The second-order valence-electron chi connectivity index (χ2n) is 3.63. The first-order valence-electron chi connectivity index (χ1n) is 5.32. The lowest BCUT2D eigenvalue weighted by Gasteiger charge is -2.09. The first-order chi connectivity index (χ1) is 7.49. The highest BCUT2D eigenvalue weighted by atomic mass is 16.4. The van der Waals surface area contributed by atoms with Crippen LogP contribution in [-0.2, 0) is 9.59 Å². The van der Waals surface area contributed by atoms with Crippen molar-refractivity contribution in [2.45, 2.75) is 19.8 Å². The molecule has 0 aliphatic rings. The smallest absolute Gasteiger partial charge is 0.331 e. The van der Waals surface area contributed by atoms with E-state index in [1.807, 2.05) is 0 Å². The van der Waals surface area contributed by atoms with E-state index >= 15 is 0 Å². The lowest BCUT2D eigenvalue weighted by atomic mass is 10.2. The van der Waals surface area contributed by atoms with Crippen LogP contribution >= 0.6 is 0 Å². The molecule has 5 heteroatoms. The van der Waals surface area contributed by atoms with Crippen molar-refractivity contribution in [2.75, 3.05) is 27.2 Å². The van der Waals surface area contributed by atoms with Crippen LogP contribution in [0.5, 0.6) is 0 Å².